The molecule has 1 amide bonds. The van der Waals surface area contributed by atoms with Crippen LogP contribution in [0.3, 0.4) is 0 Å². The maximum atomic E-state index is 13.1. The minimum Gasteiger partial charge on any atom is -0.503 e. The predicted octanol–water partition coefficient (Wildman–Crippen LogP) is 3.28. The highest BCUT2D eigenvalue weighted by Crippen LogP contribution is 2.41. The summed E-state index contributed by atoms with van der Waals surface area (Å²) in [6.07, 6.45) is 0. The largest absolute Gasteiger partial charge is 0.503 e. The van der Waals surface area contributed by atoms with Crippen LogP contribution in [0.15, 0.2) is 47.0 Å². The number of phenolic OH excluding ortho intramolecular Hbond substituents is 1. The number of nitro benzene ring substituents is 1. The molecule has 1 unspecified atom stereocenters. The van der Waals surface area contributed by atoms with Crippen molar-refractivity contribution >= 4 is 28.7 Å². The van der Waals surface area contributed by atoms with Crippen LogP contribution in [0.2, 0.25) is 0 Å². The highest BCUT2D eigenvalue weighted by Gasteiger charge is 2.44. The molecule has 2 heterocycles. The number of carbonyl (C=O) groups is 2. The summed E-state index contributed by atoms with van der Waals surface area (Å²) < 4.78 is 0. The number of benzene rings is 1. The molecule has 1 atom stereocenters. The molecule has 0 saturated carbocycles. The number of aliphatic hydroxyl groups is 1. The summed E-state index contributed by atoms with van der Waals surface area (Å²) in [6, 6.07) is 5.99. The Bertz CT molecular complexity index is 1030. The normalized spacial score (nSPS) is 16.4. The van der Waals surface area contributed by atoms with Crippen molar-refractivity contribution in [1.82, 2.24) is 9.80 Å². The second-order valence-electron chi connectivity index (χ2n) is 7.00. The standard InChI is InChI=1S/C21H23N3O6S/c1-3-22(4-2)9-10-23-18(13-7-8-15(25)14(12-13)24(29)30)17(20(27)21(23)28)19(26)16-6-5-11-31-16/h5-8,11-12,18,25,27H,3-4,9-10H2,1-2H3. The van der Waals surface area contributed by atoms with Gasteiger partial charge >= 0.3 is 5.69 Å². The number of aliphatic hydroxyl groups excluding tert-OH is 1. The zero-order valence-electron chi connectivity index (χ0n) is 17.1. The van der Waals surface area contributed by atoms with Gasteiger partial charge in [0.15, 0.2) is 11.5 Å². The summed E-state index contributed by atoms with van der Waals surface area (Å²) in [6.45, 7) is 6.20. The smallest absolute Gasteiger partial charge is 0.311 e. The number of nitro groups is 1. The SMILES string of the molecule is CCN(CC)CCN1C(=O)C(O)=C(C(=O)c2cccs2)C1c1ccc(O)c([N+](=O)[O-])c1. The third-order valence-corrected chi connectivity index (χ3v) is 6.23. The number of rotatable bonds is 9. The van der Waals surface area contributed by atoms with E-state index in [4.69, 9.17) is 0 Å². The first-order chi connectivity index (χ1) is 14.8. The summed E-state index contributed by atoms with van der Waals surface area (Å²) >= 11 is 1.17. The van der Waals surface area contributed by atoms with E-state index >= 15 is 0 Å². The Morgan fingerprint density at radius 2 is 1.97 bits per heavy atom. The molecule has 2 N–H and O–H groups in total. The van der Waals surface area contributed by atoms with E-state index in [1.54, 1.807) is 17.5 Å². The molecule has 0 saturated heterocycles. The third-order valence-electron chi connectivity index (χ3n) is 5.36. The first-order valence-electron chi connectivity index (χ1n) is 9.82. The zero-order chi connectivity index (χ0) is 22.7. The van der Waals surface area contributed by atoms with Crippen LogP contribution in [0.4, 0.5) is 5.69 Å². The van der Waals surface area contributed by atoms with Gasteiger partial charge in [-0.3, -0.25) is 19.7 Å². The number of thiophene rings is 1. The van der Waals surface area contributed by atoms with Crippen molar-refractivity contribution in [2.45, 2.75) is 19.9 Å². The maximum absolute atomic E-state index is 13.1. The van der Waals surface area contributed by atoms with Crippen molar-refractivity contribution in [2.24, 2.45) is 0 Å². The Morgan fingerprint density at radius 3 is 2.55 bits per heavy atom. The molecule has 1 aromatic carbocycles. The van der Waals surface area contributed by atoms with Crippen molar-refractivity contribution in [1.29, 1.82) is 0 Å². The first kappa shape index (κ1) is 22.4. The third kappa shape index (κ3) is 4.30. The van der Waals surface area contributed by atoms with Gasteiger partial charge in [0.1, 0.15) is 0 Å². The minimum absolute atomic E-state index is 0.119. The highest BCUT2D eigenvalue weighted by molar-refractivity contribution is 7.12. The Morgan fingerprint density at radius 1 is 1.26 bits per heavy atom. The average Bonchev–Trinajstić information content (AvgIpc) is 3.37. The van der Waals surface area contributed by atoms with Crippen LogP contribution in [0.25, 0.3) is 0 Å². The van der Waals surface area contributed by atoms with Gasteiger partial charge in [-0.15, -0.1) is 11.3 Å². The molecule has 1 aromatic heterocycles. The predicted molar refractivity (Wildman–Crippen MR) is 115 cm³/mol. The van der Waals surface area contributed by atoms with Crippen LogP contribution in [-0.4, -0.2) is 62.8 Å². The number of aromatic hydroxyl groups is 1. The lowest BCUT2D eigenvalue weighted by Gasteiger charge is -2.29. The number of hydrogen-bond donors (Lipinski definition) is 2. The number of phenols is 1. The van der Waals surface area contributed by atoms with Gasteiger partial charge in [-0.2, -0.15) is 0 Å². The molecule has 1 aliphatic rings. The Hall–Kier alpha value is -3.24. The zero-order valence-corrected chi connectivity index (χ0v) is 18.0. The summed E-state index contributed by atoms with van der Waals surface area (Å²) in [4.78, 5) is 40.4. The lowest BCUT2D eigenvalue weighted by atomic mass is 9.95. The molecule has 0 spiro atoms. The molecule has 164 valence electrons. The van der Waals surface area contributed by atoms with Crippen molar-refractivity contribution in [3.8, 4) is 5.75 Å². The molecular weight excluding hydrogens is 422 g/mol. The number of ketones is 1. The van der Waals surface area contributed by atoms with Crippen molar-refractivity contribution in [3.05, 3.63) is 67.6 Å². The van der Waals surface area contributed by atoms with Crippen molar-refractivity contribution in [3.63, 3.8) is 0 Å². The van der Waals surface area contributed by atoms with Crippen LogP contribution in [-0.2, 0) is 4.79 Å². The van der Waals surface area contributed by atoms with Crippen LogP contribution < -0.4 is 0 Å². The second kappa shape index (κ2) is 9.27. The Balaban J connectivity index is 2.08. The molecule has 0 radical (unpaired) electrons. The molecule has 0 aliphatic carbocycles. The molecule has 10 heteroatoms. The molecule has 3 rings (SSSR count). The number of nitrogens with zero attached hydrogens (tertiary/aromatic N) is 3. The van der Waals surface area contributed by atoms with Crippen LogP contribution in [0.5, 0.6) is 5.75 Å². The number of Topliss-reactive ketones (excluding diaryl/α,β-unsaturated/α-hetero) is 1. The topological polar surface area (TPSA) is 124 Å². The summed E-state index contributed by atoms with van der Waals surface area (Å²) in [5.41, 5.74) is -0.392. The molecule has 31 heavy (non-hydrogen) atoms. The van der Waals surface area contributed by atoms with E-state index in [9.17, 15) is 29.9 Å². The van der Waals surface area contributed by atoms with Crippen LogP contribution in [0.1, 0.15) is 35.1 Å². The van der Waals surface area contributed by atoms with E-state index in [1.165, 1.54) is 22.3 Å². The molecule has 9 nitrogen and oxygen atoms in total. The first-order valence-corrected chi connectivity index (χ1v) is 10.7. The van der Waals surface area contributed by atoms with Gasteiger partial charge in [0.25, 0.3) is 5.91 Å². The average molecular weight is 445 g/mol. The molecule has 0 bridgehead atoms. The highest BCUT2D eigenvalue weighted by atomic mass is 32.1. The molecule has 2 aromatic rings. The fourth-order valence-electron chi connectivity index (χ4n) is 3.65. The second-order valence-corrected chi connectivity index (χ2v) is 7.95. The Labute approximate surface area is 183 Å². The van der Waals surface area contributed by atoms with Crippen molar-refractivity contribution in [2.75, 3.05) is 26.2 Å². The van der Waals surface area contributed by atoms with Gasteiger partial charge in [-0.25, -0.2) is 0 Å². The number of hydrogen-bond acceptors (Lipinski definition) is 8. The van der Waals surface area contributed by atoms with E-state index in [1.807, 2.05) is 13.8 Å². The molecular formula is C21H23N3O6S. The lowest BCUT2D eigenvalue weighted by molar-refractivity contribution is -0.385. The van der Waals surface area contributed by atoms with Gasteiger partial charge in [0.2, 0.25) is 5.78 Å². The summed E-state index contributed by atoms with van der Waals surface area (Å²) in [7, 11) is 0. The van der Waals surface area contributed by atoms with E-state index in [-0.39, 0.29) is 17.7 Å². The fourth-order valence-corrected chi connectivity index (χ4v) is 4.33. The van der Waals surface area contributed by atoms with Gasteiger partial charge in [0, 0.05) is 19.2 Å². The van der Waals surface area contributed by atoms with Gasteiger partial charge in [0.05, 0.1) is 21.4 Å². The monoisotopic (exact) mass is 445 g/mol. The quantitative estimate of drug-likeness (QED) is 0.345. The van der Waals surface area contributed by atoms with E-state index in [0.717, 1.165) is 25.2 Å². The fraction of sp³-hybridized carbons (Fsp3) is 0.333. The molecule has 0 fully saturated rings. The number of carbonyl (C=O) groups excluding carboxylic acids is 2. The molecule has 1 aliphatic heterocycles. The van der Waals surface area contributed by atoms with Gasteiger partial charge in [-0.05, 0) is 36.2 Å². The van der Waals surface area contributed by atoms with E-state index < -0.39 is 39.9 Å². The number of likely N-dealkylation sites (N-methyl/N-ethyl adjacent to an activating group) is 1. The van der Waals surface area contributed by atoms with Gasteiger partial charge in [-0.1, -0.05) is 26.0 Å². The Kier molecular flexibility index (Phi) is 6.71. The van der Waals surface area contributed by atoms with Crippen LogP contribution in [0, 0.1) is 10.1 Å². The summed E-state index contributed by atoms with van der Waals surface area (Å²) in [5, 5.41) is 33.5. The van der Waals surface area contributed by atoms with E-state index in [2.05, 4.69) is 4.90 Å². The van der Waals surface area contributed by atoms with E-state index in [0.29, 0.717) is 11.4 Å². The minimum atomic E-state index is -1.00. The number of amides is 1. The maximum Gasteiger partial charge on any atom is 0.311 e. The summed E-state index contributed by atoms with van der Waals surface area (Å²) in [5.74, 6) is -2.38. The van der Waals surface area contributed by atoms with Crippen molar-refractivity contribution < 1.29 is 24.7 Å². The van der Waals surface area contributed by atoms with Crippen LogP contribution >= 0.6 is 11.3 Å². The van der Waals surface area contributed by atoms with Gasteiger partial charge < -0.3 is 20.0 Å². The lowest BCUT2D eigenvalue weighted by Crippen LogP contribution is -2.38.